The van der Waals surface area contributed by atoms with E-state index in [4.69, 9.17) is 14.2 Å². The molecule has 0 radical (unpaired) electrons. The predicted octanol–water partition coefficient (Wildman–Crippen LogP) is 4.76. The summed E-state index contributed by atoms with van der Waals surface area (Å²) in [6.07, 6.45) is 0.915. The third-order valence-electron chi connectivity index (χ3n) is 3.54. The molecule has 0 spiro atoms. The van der Waals surface area contributed by atoms with Crippen LogP contribution in [-0.4, -0.2) is 32.3 Å². The Morgan fingerprint density at radius 2 is 1.41 bits per heavy atom. The number of hydrogen-bond acceptors (Lipinski definition) is 5. The van der Waals surface area contributed by atoms with Crippen molar-refractivity contribution in [1.82, 2.24) is 0 Å². The van der Waals surface area contributed by atoms with Crippen LogP contribution in [0.15, 0.2) is 54.6 Å². The summed E-state index contributed by atoms with van der Waals surface area (Å²) in [5.41, 5.74) is 1.17. The first-order chi connectivity index (χ1) is 13.0. The van der Waals surface area contributed by atoms with Crippen molar-refractivity contribution in [2.24, 2.45) is 5.92 Å². The Hall–Kier alpha value is -2.82. The normalized spacial score (nSPS) is 9.81. The molecular formula is C22H28O5. The lowest BCUT2D eigenvalue weighted by atomic mass is 10.1. The van der Waals surface area contributed by atoms with Gasteiger partial charge in [-0.1, -0.05) is 32.0 Å². The average molecular weight is 372 g/mol. The van der Waals surface area contributed by atoms with E-state index in [9.17, 15) is 9.59 Å². The molecule has 0 aromatic heterocycles. The van der Waals surface area contributed by atoms with Crippen LogP contribution in [0.2, 0.25) is 0 Å². The van der Waals surface area contributed by atoms with Crippen molar-refractivity contribution in [3.8, 4) is 5.75 Å². The second-order valence-electron chi connectivity index (χ2n) is 6.13. The van der Waals surface area contributed by atoms with Crippen molar-refractivity contribution in [2.75, 3.05) is 20.3 Å². The Morgan fingerprint density at radius 1 is 0.852 bits per heavy atom. The van der Waals surface area contributed by atoms with E-state index in [1.807, 2.05) is 18.2 Å². The Bertz CT molecular complexity index is 678. The second kappa shape index (κ2) is 12.5. The summed E-state index contributed by atoms with van der Waals surface area (Å²) in [5.74, 6) is 0.767. The van der Waals surface area contributed by atoms with E-state index in [0.29, 0.717) is 30.3 Å². The molecule has 0 aliphatic carbocycles. The first-order valence-electron chi connectivity index (χ1n) is 9.01. The largest absolute Gasteiger partial charge is 0.497 e. The van der Waals surface area contributed by atoms with E-state index in [-0.39, 0.29) is 11.9 Å². The van der Waals surface area contributed by atoms with E-state index >= 15 is 0 Å². The number of methoxy groups -OCH3 is 1. The number of carbonyl (C=O) groups is 2. The van der Waals surface area contributed by atoms with E-state index in [1.165, 1.54) is 0 Å². The minimum atomic E-state index is -0.301. The van der Waals surface area contributed by atoms with Gasteiger partial charge in [-0.25, -0.2) is 9.59 Å². The summed E-state index contributed by atoms with van der Waals surface area (Å²) in [7, 11) is 1.58. The van der Waals surface area contributed by atoms with Crippen molar-refractivity contribution >= 4 is 11.9 Å². The first-order valence-corrected chi connectivity index (χ1v) is 9.01. The molecule has 2 rings (SSSR count). The zero-order valence-corrected chi connectivity index (χ0v) is 16.4. The maximum atomic E-state index is 11.4. The fourth-order valence-corrected chi connectivity index (χ4v) is 1.99. The number of carbonyl (C=O) groups excluding carboxylic acids is 2. The smallest absolute Gasteiger partial charge is 0.338 e. The van der Waals surface area contributed by atoms with Gasteiger partial charge >= 0.3 is 11.9 Å². The lowest BCUT2D eigenvalue weighted by Crippen LogP contribution is -2.07. The van der Waals surface area contributed by atoms with Crippen molar-refractivity contribution < 1.29 is 23.8 Å². The van der Waals surface area contributed by atoms with Crippen LogP contribution in [0.4, 0.5) is 0 Å². The van der Waals surface area contributed by atoms with Crippen LogP contribution in [0.1, 0.15) is 47.9 Å². The van der Waals surface area contributed by atoms with Gasteiger partial charge in [0.05, 0.1) is 31.5 Å². The Kier molecular flexibility index (Phi) is 10.3. The van der Waals surface area contributed by atoms with Gasteiger partial charge in [0.2, 0.25) is 0 Å². The maximum absolute atomic E-state index is 11.4. The Morgan fingerprint density at radius 3 is 1.93 bits per heavy atom. The van der Waals surface area contributed by atoms with Gasteiger partial charge < -0.3 is 14.2 Å². The fourth-order valence-electron chi connectivity index (χ4n) is 1.99. The molecule has 2 aromatic rings. The average Bonchev–Trinajstić information content (AvgIpc) is 2.69. The maximum Gasteiger partial charge on any atom is 0.338 e. The number of ether oxygens (including phenoxy) is 3. The molecule has 0 saturated carbocycles. The Balaban J connectivity index is 0.000000271. The SMILES string of the molecule is CC(C)CCOC(=O)c1ccccc1.CCOC(=O)c1ccc(OC)cc1. The first kappa shape index (κ1) is 22.2. The summed E-state index contributed by atoms with van der Waals surface area (Å²) in [6, 6.07) is 15.9. The molecule has 0 heterocycles. The van der Waals surface area contributed by atoms with Crippen LogP contribution in [0.25, 0.3) is 0 Å². The van der Waals surface area contributed by atoms with Crippen molar-refractivity contribution in [3.63, 3.8) is 0 Å². The molecule has 5 heteroatoms. The van der Waals surface area contributed by atoms with Gasteiger partial charge in [0.25, 0.3) is 0 Å². The van der Waals surface area contributed by atoms with Crippen LogP contribution in [-0.2, 0) is 9.47 Å². The molecule has 0 saturated heterocycles. The number of esters is 2. The summed E-state index contributed by atoms with van der Waals surface area (Å²) < 4.78 is 14.9. The van der Waals surface area contributed by atoms with Gasteiger partial charge in [-0.2, -0.15) is 0 Å². The molecule has 5 nitrogen and oxygen atoms in total. The van der Waals surface area contributed by atoms with E-state index in [1.54, 1.807) is 50.4 Å². The zero-order chi connectivity index (χ0) is 20.1. The summed E-state index contributed by atoms with van der Waals surface area (Å²) in [5, 5.41) is 0. The zero-order valence-electron chi connectivity index (χ0n) is 16.4. The molecule has 2 aromatic carbocycles. The van der Waals surface area contributed by atoms with Crippen molar-refractivity contribution in [1.29, 1.82) is 0 Å². The van der Waals surface area contributed by atoms with Gasteiger partial charge in [0, 0.05) is 0 Å². The molecule has 0 N–H and O–H groups in total. The molecule has 0 unspecified atom stereocenters. The molecule has 0 aliphatic heterocycles. The quantitative estimate of drug-likeness (QED) is 0.656. The lowest BCUT2D eigenvalue weighted by Gasteiger charge is -2.06. The molecule has 0 bridgehead atoms. The summed E-state index contributed by atoms with van der Waals surface area (Å²) in [4.78, 5) is 22.6. The Labute approximate surface area is 161 Å². The van der Waals surface area contributed by atoms with Crippen LogP contribution >= 0.6 is 0 Å². The van der Waals surface area contributed by atoms with Crippen molar-refractivity contribution in [2.45, 2.75) is 27.2 Å². The third kappa shape index (κ3) is 8.90. The standard InChI is InChI=1S/C12H16O2.C10H12O3/c1-10(2)8-9-14-12(13)11-6-4-3-5-7-11;1-3-13-10(11)8-4-6-9(12-2)7-5-8/h3-7,10H,8-9H2,1-2H3;4-7H,3H2,1-2H3. The number of benzene rings is 2. The molecular weight excluding hydrogens is 344 g/mol. The summed E-state index contributed by atoms with van der Waals surface area (Å²) in [6.45, 7) is 6.89. The van der Waals surface area contributed by atoms with Crippen molar-refractivity contribution in [3.05, 3.63) is 65.7 Å². The lowest BCUT2D eigenvalue weighted by molar-refractivity contribution is 0.0486. The monoisotopic (exact) mass is 372 g/mol. The van der Waals surface area contributed by atoms with Gasteiger partial charge in [0.1, 0.15) is 5.75 Å². The van der Waals surface area contributed by atoms with Gasteiger partial charge in [-0.15, -0.1) is 0 Å². The van der Waals surface area contributed by atoms with Crippen LogP contribution in [0, 0.1) is 5.92 Å². The molecule has 0 atom stereocenters. The molecule has 0 aliphatic rings. The molecule has 27 heavy (non-hydrogen) atoms. The van der Waals surface area contributed by atoms with Gasteiger partial charge in [-0.3, -0.25) is 0 Å². The molecule has 0 fully saturated rings. The highest BCUT2D eigenvalue weighted by Crippen LogP contribution is 2.11. The van der Waals surface area contributed by atoms with E-state index in [2.05, 4.69) is 13.8 Å². The van der Waals surface area contributed by atoms with E-state index < -0.39 is 0 Å². The summed E-state index contributed by atoms with van der Waals surface area (Å²) >= 11 is 0. The molecule has 146 valence electrons. The number of rotatable bonds is 7. The van der Waals surface area contributed by atoms with Crippen LogP contribution < -0.4 is 4.74 Å². The fraction of sp³-hybridized carbons (Fsp3) is 0.364. The van der Waals surface area contributed by atoms with Gasteiger partial charge in [-0.05, 0) is 55.7 Å². The minimum Gasteiger partial charge on any atom is -0.497 e. The third-order valence-corrected chi connectivity index (χ3v) is 3.54. The number of hydrogen-bond donors (Lipinski definition) is 0. The van der Waals surface area contributed by atoms with Crippen LogP contribution in [0.5, 0.6) is 5.75 Å². The highest BCUT2D eigenvalue weighted by Gasteiger charge is 2.06. The minimum absolute atomic E-state index is 0.230. The van der Waals surface area contributed by atoms with Gasteiger partial charge in [0.15, 0.2) is 0 Å². The topological polar surface area (TPSA) is 61.8 Å². The highest BCUT2D eigenvalue weighted by molar-refractivity contribution is 5.89. The van der Waals surface area contributed by atoms with Crippen LogP contribution in [0.3, 0.4) is 0 Å². The highest BCUT2D eigenvalue weighted by atomic mass is 16.5. The second-order valence-corrected chi connectivity index (χ2v) is 6.13. The van der Waals surface area contributed by atoms with E-state index in [0.717, 1.165) is 12.2 Å². The molecule has 0 amide bonds. The predicted molar refractivity (Wildman–Crippen MR) is 105 cm³/mol.